The smallest absolute Gasteiger partial charge is 0.238 e. The van der Waals surface area contributed by atoms with Gasteiger partial charge in [0.1, 0.15) is 0 Å². The molecule has 0 aliphatic carbocycles. The van der Waals surface area contributed by atoms with E-state index in [0.29, 0.717) is 23.8 Å². The van der Waals surface area contributed by atoms with Gasteiger partial charge in [-0.15, -0.1) is 11.8 Å². The van der Waals surface area contributed by atoms with Gasteiger partial charge in [0.15, 0.2) is 0 Å². The van der Waals surface area contributed by atoms with Gasteiger partial charge in [-0.05, 0) is 37.6 Å². The van der Waals surface area contributed by atoms with Crippen molar-refractivity contribution in [1.82, 2.24) is 15.1 Å². The molecular weight excluding hydrogens is 432 g/mol. The zero-order valence-electron chi connectivity index (χ0n) is 17.3. The maximum Gasteiger partial charge on any atom is 0.238 e. The van der Waals surface area contributed by atoms with E-state index >= 15 is 0 Å². The van der Waals surface area contributed by atoms with E-state index in [0.717, 1.165) is 21.8 Å². The fourth-order valence-corrected chi connectivity index (χ4v) is 4.85. The second kappa shape index (κ2) is 9.16. The Hall–Kier alpha value is -2.77. The lowest BCUT2D eigenvalue weighted by molar-refractivity contribution is -0.124. The van der Waals surface area contributed by atoms with E-state index in [-0.39, 0.29) is 18.2 Å². The molecule has 31 heavy (non-hydrogen) atoms. The first-order chi connectivity index (χ1) is 14.9. The molecule has 0 spiro atoms. The Morgan fingerprint density at radius 3 is 2.77 bits per heavy atom. The number of nitrogens with zero attached hydrogens (tertiary/aromatic N) is 2. The van der Waals surface area contributed by atoms with Crippen LogP contribution in [0.3, 0.4) is 0 Å². The summed E-state index contributed by atoms with van der Waals surface area (Å²) in [4.78, 5) is 25.9. The molecule has 1 aliphatic heterocycles. The molecule has 4 rings (SSSR count). The summed E-state index contributed by atoms with van der Waals surface area (Å²) < 4.78 is 1.96. The predicted octanol–water partition coefficient (Wildman–Crippen LogP) is 4.32. The van der Waals surface area contributed by atoms with Gasteiger partial charge in [0.05, 0.1) is 23.2 Å². The monoisotopic (exact) mass is 454 g/mol. The Kier molecular flexibility index (Phi) is 6.34. The number of aromatic nitrogens is 2. The molecule has 3 aromatic rings. The largest absolute Gasteiger partial charge is 0.352 e. The van der Waals surface area contributed by atoms with E-state index in [9.17, 15) is 9.59 Å². The third-order valence-electron chi connectivity index (χ3n) is 5.30. The van der Waals surface area contributed by atoms with Crippen molar-refractivity contribution in [3.05, 3.63) is 76.1 Å². The molecule has 0 saturated carbocycles. The van der Waals surface area contributed by atoms with Crippen molar-refractivity contribution in [2.75, 3.05) is 5.32 Å². The lowest BCUT2D eigenvalue weighted by Gasteiger charge is -2.23. The molecule has 1 aromatic heterocycles. The van der Waals surface area contributed by atoms with E-state index in [1.54, 1.807) is 12.1 Å². The third kappa shape index (κ3) is 4.94. The standard InChI is InChI=1S/C23H23ClN4O2S/c1-14-18(15(2)28(27-14)13-16-6-4-3-5-7-16)12-25-22(29)11-21-23(30)26-19-10-17(24)8-9-20(19)31-21/h3-10,21H,11-13H2,1-2H3,(H,25,29)(H,26,30). The molecule has 2 N–H and O–H groups in total. The first kappa shape index (κ1) is 21.5. The summed E-state index contributed by atoms with van der Waals surface area (Å²) in [7, 11) is 0. The summed E-state index contributed by atoms with van der Waals surface area (Å²) in [5.41, 5.74) is 4.79. The third-order valence-corrected chi connectivity index (χ3v) is 6.81. The van der Waals surface area contributed by atoms with Gasteiger partial charge in [0, 0.05) is 34.1 Å². The number of hydrogen-bond acceptors (Lipinski definition) is 4. The highest BCUT2D eigenvalue weighted by Gasteiger charge is 2.29. The SMILES string of the molecule is Cc1nn(Cc2ccccc2)c(C)c1CNC(=O)CC1Sc2ccc(Cl)cc2NC1=O. The fourth-order valence-electron chi connectivity index (χ4n) is 3.58. The summed E-state index contributed by atoms with van der Waals surface area (Å²) in [6.07, 6.45) is 0.106. The quantitative estimate of drug-likeness (QED) is 0.581. The fraction of sp³-hybridized carbons (Fsp3) is 0.261. The molecule has 0 fully saturated rings. The van der Waals surface area contributed by atoms with Gasteiger partial charge in [0.2, 0.25) is 11.8 Å². The van der Waals surface area contributed by atoms with Crippen LogP contribution in [0, 0.1) is 13.8 Å². The lowest BCUT2D eigenvalue weighted by Crippen LogP contribution is -2.34. The van der Waals surface area contributed by atoms with E-state index < -0.39 is 5.25 Å². The van der Waals surface area contributed by atoms with Gasteiger partial charge in [-0.3, -0.25) is 14.3 Å². The maximum absolute atomic E-state index is 12.6. The van der Waals surface area contributed by atoms with Gasteiger partial charge in [-0.2, -0.15) is 5.10 Å². The molecule has 1 atom stereocenters. The highest BCUT2D eigenvalue weighted by atomic mass is 35.5. The van der Waals surface area contributed by atoms with Crippen molar-refractivity contribution in [3.8, 4) is 0 Å². The Morgan fingerprint density at radius 1 is 1.23 bits per heavy atom. The molecule has 1 aliphatic rings. The van der Waals surface area contributed by atoms with Crippen molar-refractivity contribution >= 4 is 40.9 Å². The normalized spacial score (nSPS) is 15.3. The molecule has 1 unspecified atom stereocenters. The van der Waals surface area contributed by atoms with Crippen molar-refractivity contribution in [2.24, 2.45) is 0 Å². The minimum absolute atomic E-state index is 0.106. The second-order valence-corrected chi connectivity index (χ2v) is 9.19. The van der Waals surface area contributed by atoms with E-state index in [2.05, 4.69) is 27.9 Å². The Labute approximate surface area is 190 Å². The Bertz CT molecular complexity index is 1130. The molecule has 2 aromatic carbocycles. The number of anilines is 1. The van der Waals surface area contributed by atoms with Crippen molar-refractivity contribution in [1.29, 1.82) is 0 Å². The van der Waals surface area contributed by atoms with Crippen molar-refractivity contribution in [2.45, 2.75) is 43.5 Å². The Morgan fingerprint density at radius 2 is 2.00 bits per heavy atom. The summed E-state index contributed by atoms with van der Waals surface area (Å²) in [5, 5.41) is 10.5. The van der Waals surface area contributed by atoms with Crippen LogP contribution < -0.4 is 10.6 Å². The van der Waals surface area contributed by atoms with Crippen LogP contribution in [-0.2, 0) is 22.7 Å². The lowest BCUT2D eigenvalue weighted by atomic mass is 10.2. The first-order valence-corrected chi connectivity index (χ1v) is 11.3. The summed E-state index contributed by atoms with van der Waals surface area (Å²) >= 11 is 7.37. The molecule has 8 heteroatoms. The number of carbonyl (C=O) groups excluding carboxylic acids is 2. The molecular formula is C23H23ClN4O2S. The molecule has 0 bridgehead atoms. The van der Waals surface area contributed by atoms with Crippen LogP contribution >= 0.6 is 23.4 Å². The number of carbonyl (C=O) groups is 2. The average molecular weight is 455 g/mol. The maximum atomic E-state index is 12.6. The van der Waals surface area contributed by atoms with Crippen molar-refractivity contribution in [3.63, 3.8) is 0 Å². The summed E-state index contributed by atoms with van der Waals surface area (Å²) in [6, 6.07) is 15.5. The number of hydrogen-bond donors (Lipinski definition) is 2. The predicted molar refractivity (Wildman–Crippen MR) is 123 cm³/mol. The van der Waals surface area contributed by atoms with E-state index in [4.69, 9.17) is 11.6 Å². The number of rotatable bonds is 6. The number of benzene rings is 2. The van der Waals surface area contributed by atoms with Crippen LogP contribution in [0.25, 0.3) is 0 Å². The van der Waals surface area contributed by atoms with E-state index in [1.807, 2.05) is 42.8 Å². The number of amides is 2. The van der Waals surface area contributed by atoms with Gasteiger partial charge in [0.25, 0.3) is 0 Å². The van der Waals surface area contributed by atoms with Crippen LogP contribution in [-0.4, -0.2) is 26.8 Å². The number of thioether (sulfide) groups is 1. The molecule has 6 nitrogen and oxygen atoms in total. The first-order valence-electron chi connectivity index (χ1n) is 10.0. The second-order valence-electron chi connectivity index (χ2n) is 7.51. The van der Waals surface area contributed by atoms with Crippen LogP contribution in [0.2, 0.25) is 5.02 Å². The number of fused-ring (bicyclic) bond motifs is 1. The van der Waals surface area contributed by atoms with Gasteiger partial charge >= 0.3 is 0 Å². The van der Waals surface area contributed by atoms with Crippen LogP contribution in [0.4, 0.5) is 5.69 Å². The topological polar surface area (TPSA) is 76.0 Å². The molecule has 160 valence electrons. The number of aryl methyl sites for hydroxylation is 1. The zero-order valence-corrected chi connectivity index (χ0v) is 18.9. The van der Waals surface area contributed by atoms with Crippen LogP contribution in [0.15, 0.2) is 53.4 Å². The summed E-state index contributed by atoms with van der Waals surface area (Å²) in [6.45, 7) is 5.03. The minimum atomic E-state index is -0.475. The minimum Gasteiger partial charge on any atom is -0.352 e. The highest BCUT2D eigenvalue weighted by Crippen LogP contribution is 2.38. The van der Waals surface area contributed by atoms with Gasteiger partial charge in [-0.1, -0.05) is 41.9 Å². The van der Waals surface area contributed by atoms with Crippen LogP contribution in [0.1, 0.15) is 28.9 Å². The van der Waals surface area contributed by atoms with Gasteiger partial charge < -0.3 is 10.6 Å². The number of halogens is 1. The van der Waals surface area contributed by atoms with Crippen molar-refractivity contribution < 1.29 is 9.59 Å². The molecule has 0 saturated heterocycles. The molecule has 0 radical (unpaired) electrons. The Balaban J connectivity index is 1.37. The zero-order chi connectivity index (χ0) is 22.0. The van der Waals surface area contributed by atoms with E-state index in [1.165, 1.54) is 17.3 Å². The molecule has 2 amide bonds. The highest BCUT2D eigenvalue weighted by molar-refractivity contribution is 8.01. The average Bonchev–Trinajstić information content (AvgIpc) is 3.00. The van der Waals surface area contributed by atoms with Gasteiger partial charge in [-0.25, -0.2) is 0 Å². The molecule has 2 heterocycles. The number of nitrogens with one attached hydrogen (secondary N) is 2. The summed E-state index contributed by atoms with van der Waals surface area (Å²) in [5.74, 6) is -0.349. The van der Waals surface area contributed by atoms with Crippen LogP contribution in [0.5, 0.6) is 0 Å².